The van der Waals surface area contributed by atoms with Crippen LogP contribution >= 0.6 is 23.4 Å². The van der Waals surface area contributed by atoms with E-state index in [9.17, 15) is 9.59 Å². The molecule has 1 aromatic heterocycles. The van der Waals surface area contributed by atoms with Crippen LogP contribution in [0.2, 0.25) is 5.02 Å². The molecule has 0 radical (unpaired) electrons. The third-order valence-electron chi connectivity index (χ3n) is 4.64. The molecule has 2 atom stereocenters. The first-order valence-electron chi connectivity index (χ1n) is 9.21. The number of hydrogen-bond acceptors (Lipinski definition) is 5. The summed E-state index contributed by atoms with van der Waals surface area (Å²) in [6, 6.07) is 5.19. The van der Waals surface area contributed by atoms with Crippen LogP contribution in [0.5, 0.6) is 0 Å². The Hall–Kier alpha value is -1.57. The molecule has 1 amide bonds. The van der Waals surface area contributed by atoms with Gasteiger partial charge < -0.3 is 10.1 Å². The van der Waals surface area contributed by atoms with E-state index in [0.717, 1.165) is 25.9 Å². The molecule has 2 heterocycles. The molecule has 0 spiro atoms. The number of carbonyl (C=O) groups is 1. The molecule has 1 aliphatic heterocycles. The Labute approximate surface area is 167 Å². The molecule has 0 unspecified atom stereocenters. The van der Waals surface area contributed by atoms with E-state index in [4.69, 9.17) is 16.3 Å². The van der Waals surface area contributed by atoms with E-state index in [1.165, 1.54) is 11.8 Å². The topological polar surface area (TPSA) is 73.2 Å². The zero-order chi connectivity index (χ0) is 19.4. The van der Waals surface area contributed by atoms with Crippen molar-refractivity contribution in [1.82, 2.24) is 14.9 Å². The summed E-state index contributed by atoms with van der Waals surface area (Å²) in [6.07, 6.45) is 2.79. The second kappa shape index (κ2) is 9.08. The summed E-state index contributed by atoms with van der Waals surface area (Å²) in [4.78, 5) is 29.8. The second-order valence-electron chi connectivity index (χ2n) is 6.77. The van der Waals surface area contributed by atoms with Crippen LogP contribution < -0.4 is 10.9 Å². The largest absolute Gasteiger partial charge is 0.376 e. The summed E-state index contributed by atoms with van der Waals surface area (Å²) in [5, 5.41) is 4.49. The van der Waals surface area contributed by atoms with Gasteiger partial charge in [-0.2, -0.15) is 0 Å². The highest BCUT2D eigenvalue weighted by Gasteiger charge is 2.21. The lowest BCUT2D eigenvalue weighted by atomic mass is 10.2. The van der Waals surface area contributed by atoms with Gasteiger partial charge in [-0.05, 0) is 44.4 Å². The van der Waals surface area contributed by atoms with Gasteiger partial charge in [0.25, 0.3) is 5.56 Å². The number of thioether (sulfide) groups is 1. The van der Waals surface area contributed by atoms with Crippen molar-refractivity contribution in [3.63, 3.8) is 0 Å². The first-order chi connectivity index (χ1) is 13.0. The van der Waals surface area contributed by atoms with Gasteiger partial charge in [0.1, 0.15) is 0 Å². The minimum Gasteiger partial charge on any atom is -0.376 e. The number of ether oxygens (including phenoxy) is 1. The third-order valence-corrected chi connectivity index (χ3v) is 5.86. The monoisotopic (exact) mass is 409 g/mol. The van der Waals surface area contributed by atoms with E-state index in [-0.39, 0.29) is 29.4 Å². The maximum absolute atomic E-state index is 13.0. The smallest absolute Gasteiger partial charge is 0.262 e. The lowest BCUT2D eigenvalue weighted by molar-refractivity contribution is -0.119. The maximum atomic E-state index is 13.0. The number of halogens is 1. The Morgan fingerprint density at radius 3 is 3.04 bits per heavy atom. The minimum atomic E-state index is -0.128. The van der Waals surface area contributed by atoms with Crippen LogP contribution in [0.15, 0.2) is 28.2 Å². The number of benzene rings is 1. The molecule has 1 aliphatic rings. The molecule has 1 N–H and O–H groups in total. The highest BCUT2D eigenvalue weighted by Crippen LogP contribution is 2.22. The number of rotatable bonds is 7. The van der Waals surface area contributed by atoms with Crippen LogP contribution in [0.3, 0.4) is 0 Å². The van der Waals surface area contributed by atoms with Crippen LogP contribution in [0, 0.1) is 0 Å². The van der Waals surface area contributed by atoms with Gasteiger partial charge in [0, 0.05) is 17.7 Å². The van der Waals surface area contributed by atoms with Crippen LogP contribution in [0.1, 0.15) is 33.1 Å². The van der Waals surface area contributed by atoms with Crippen molar-refractivity contribution in [2.24, 2.45) is 0 Å². The summed E-state index contributed by atoms with van der Waals surface area (Å²) in [5.41, 5.74) is 0.415. The Bertz CT molecular complexity index is 880. The number of nitrogens with zero attached hydrogens (tertiary/aromatic N) is 2. The zero-order valence-corrected chi connectivity index (χ0v) is 17.1. The summed E-state index contributed by atoms with van der Waals surface area (Å²) >= 11 is 7.33. The molecule has 6 nitrogen and oxygen atoms in total. The van der Waals surface area contributed by atoms with Crippen molar-refractivity contribution >= 4 is 40.2 Å². The Kier molecular flexibility index (Phi) is 6.78. The molecule has 0 aliphatic carbocycles. The van der Waals surface area contributed by atoms with Gasteiger partial charge >= 0.3 is 0 Å². The van der Waals surface area contributed by atoms with Crippen LogP contribution in [-0.2, 0) is 16.1 Å². The summed E-state index contributed by atoms with van der Waals surface area (Å²) in [7, 11) is 0. The van der Waals surface area contributed by atoms with Crippen LogP contribution in [0.4, 0.5) is 0 Å². The summed E-state index contributed by atoms with van der Waals surface area (Å²) in [5.74, 6) is 0.132. The number of nitrogens with one attached hydrogen (secondary N) is 1. The van der Waals surface area contributed by atoms with Crippen molar-refractivity contribution in [2.75, 3.05) is 12.4 Å². The van der Waals surface area contributed by atoms with Gasteiger partial charge in [0.2, 0.25) is 5.91 Å². The summed E-state index contributed by atoms with van der Waals surface area (Å²) < 4.78 is 7.33. The minimum absolute atomic E-state index is 0.00235. The molecule has 27 heavy (non-hydrogen) atoms. The van der Waals surface area contributed by atoms with E-state index in [0.29, 0.717) is 27.6 Å². The van der Waals surface area contributed by atoms with Gasteiger partial charge in [-0.3, -0.25) is 14.2 Å². The van der Waals surface area contributed by atoms with Gasteiger partial charge in [0.05, 0.1) is 29.3 Å². The lowest BCUT2D eigenvalue weighted by Crippen LogP contribution is -2.34. The standard InChI is InChI=1S/C19H24ClN3O3S/c1-3-12(2)21-17(24)11-27-19-22-16-9-13(20)6-7-15(16)18(25)23(19)10-14-5-4-8-26-14/h6-7,9,12,14H,3-5,8,10-11H2,1-2H3,(H,21,24)/t12-,14-/m1/s1. The molecule has 146 valence electrons. The van der Waals surface area contributed by atoms with E-state index in [1.54, 1.807) is 22.8 Å². The molecule has 1 aromatic carbocycles. The van der Waals surface area contributed by atoms with Gasteiger partial charge in [-0.1, -0.05) is 30.3 Å². The highest BCUT2D eigenvalue weighted by molar-refractivity contribution is 7.99. The predicted octanol–water partition coefficient (Wildman–Crippen LogP) is 3.24. The molecular formula is C19H24ClN3O3S. The van der Waals surface area contributed by atoms with Crippen molar-refractivity contribution in [3.8, 4) is 0 Å². The third kappa shape index (κ3) is 5.03. The van der Waals surface area contributed by atoms with Crippen molar-refractivity contribution in [1.29, 1.82) is 0 Å². The fraction of sp³-hybridized carbons (Fsp3) is 0.526. The molecule has 1 saturated heterocycles. The predicted molar refractivity (Wildman–Crippen MR) is 109 cm³/mol. The zero-order valence-electron chi connectivity index (χ0n) is 15.5. The highest BCUT2D eigenvalue weighted by atomic mass is 35.5. The van der Waals surface area contributed by atoms with E-state index in [1.807, 2.05) is 13.8 Å². The van der Waals surface area contributed by atoms with E-state index in [2.05, 4.69) is 10.3 Å². The molecule has 0 bridgehead atoms. The Morgan fingerprint density at radius 1 is 1.52 bits per heavy atom. The average Bonchev–Trinajstić information content (AvgIpc) is 3.15. The molecule has 2 aromatic rings. The quantitative estimate of drug-likeness (QED) is 0.561. The number of hydrogen-bond donors (Lipinski definition) is 1. The molecular weight excluding hydrogens is 386 g/mol. The van der Waals surface area contributed by atoms with Crippen LogP contribution in [-0.4, -0.2) is 40.0 Å². The Balaban J connectivity index is 1.90. The average molecular weight is 410 g/mol. The normalized spacial score (nSPS) is 18.0. The summed E-state index contributed by atoms with van der Waals surface area (Å²) in [6.45, 7) is 5.15. The van der Waals surface area contributed by atoms with E-state index < -0.39 is 0 Å². The first-order valence-corrected chi connectivity index (χ1v) is 10.6. The molecule has 8 heteroatoms. The Morgan fingerprint density at radius 2 is 2.33 bits per heavy atom. The maximum Gasteiger partial charge on any atom is 0.262 e. The lowest BCUT2D eigenvalue weighted by Gasteiger charge is -2.17. The molecule has 3 rings (SSSR count). The number of amides is 1. The number of fused-ring (bicyclic) bond motifs is 1. The fourth-order valence-corrected chi connectivity index (χ4v) is 3.97. The van der Waals surface area contributed by atoms with Crippen molar-refractivity contribution in [3.05, 3.63) is 33.6 Å². The van der Waals surface area contributed by atoms with Crippen LogP contribution in [0.25, 0.3) is 10.9 Å². The first kappa shape index (κ1) is 20.2. The molecule has 1 fully saturated rings. The molecule has 0 saturated carbocycles. The van der Waals surface area contributed by atoms with E-state index >= 15 is 0 Å². The SMILES string of the molecule is CC[C@@H](C)NC(=O)CSc1nc2cc(Cl)ccc2c(=O)n1C[C@H]1CCCO1. The van der Waals surface area contributed by atoms with Crippen molar-refractivity contribution < 1.29 is 9.53 Å². The van der Waals surface area contributed by atoms with Gasteiger partial charge in [0.15, 0.2) is 5.16 Å². The number of aromatic nitrogens is 2. The fourth-order valence-electron chi connectivity index (χ4n) is 2.99. The van der Waals surface area contributed by atoms with Gasteiger partial charge in [-0.15, -0.1) is 0 Å². The van der Waals surface area contributed by atoms with Crippen molar-refractivity contribution in [2.45, 2.75) is 57.0 Å². The second-order valence-corrected chi connectivity index (χ2v) is 8.15. The number of carbonyl (C=O) groups excluding carboxylic acids is 1. The van der Waals surface area contributed by atoms with Gasteiger partial charge in [-0.25, -0.2) is 4.98 Å².